The van der Waals surface area contributed by atoms with Crippen LogP contribution in [0.5, 0.6) is 5.88 Å². The van der Waals surface area contributed by atoms with Crippen molar-refractivity contribution in [1.82, 2.24) is 4.98 Å². The van der Waals surface area contributed by atoms with Gasteiger partial charge in [0.25, 0.3) is 0 Å². The van der Waals surface area contributed by atoms with E-state index >= 15 is 0 Å². The van der Waals surface area contributed by atoms with Crippen molar-refractivity contribution < 1.29 is 4.74 Å². The summed E-state index contributed by atoms with van der Waals surface area (Å²) in [5.74, 6) is 2.27. The fraction of sp³-hybridized carbons (Fsp3) is 0.643. The van der Waals surface area contributed by atoms with Crippen LogP contribution < -0.4 is 10.5 Å². The largest absolute Gasteiger partial charge is 0.474 e. The van der Waals surface area contributed by atoms with Crippen molar-refractivity contribution in [3.8, 4) is 5.88 Å². The van der Waals surface area contributed by atoms with Crippen LogP contribution in [0.4, 0.5) is 0 Å². The van der Waals surface area contributed by atoms with Crippen molar-refractivity contribution in [3.05, 3.63) is 23.9 Å². The van der Waals surface area contributed by atoms with Gasteiger partial charge in [0.2, 0.25) is 5.88 Å². The summed E-state index contributed by atoms with van der Waals surface area (Å²) >= 11 is 0. The Morgan fingerprint density at radius 3 is 2.88 bits per heavy atom. The molecule has 0 amide bonds. The predicted octanol–water partition coefficient (Wildman–Crippen LogP) is 2.74. The zero-order valence-electron chi connectivity index (χ0n) is 10.7. The van der Waals surface area contributed by atoms with E-state index in [-0.39, 0.29) is 0 Å². The molecule has 3 atom stereocenters. The summed E-state index contributed by atoms with van der Waals surface area (Å²) in [6.07, 6.45) is 5.58. The number of nitrogens with zero attached hydrogens (tertiary/aromatic N) is 1. The van der Waals surface area contributed by atoms with Crippen molar-refractivity contribution in [2.75, 3.05) is 0 Å². The Kier molecular flexibility index (Phi) is 4.00. The van der Waals surface area contributed by atoms with E-state index in [1.54, 1.807) is 6.20 Å². The molecule has 2 rings (SSSR count). The Bertz CT molecular complexity index is 367. The van der Waals surface area contributed by atoms with Crippen LogP contribution >= 0.6 is 0 Å². The van der Waals surface area contributed by atoms with Gasteiger partial charge in [0.15, 0.2) is 0 Å². The lowest BCUT2D eigenvalue weighted by Gasteiger charge is -2.32. The maximum atomic E-state index is 6.00. The molecule has 3 heteroatoms. The average molecular weight is 234 g/mol. The second-order valence-corrected chi connectivity index (χ2v) is 5.18. The Balaban J connectivity index is 2.01. The van der Waals surface area contributed by atoms with Gasteiger partial charge < -0.3 is 10.5 Å². The summed E-state index contributed by atoms with van der Waals surface area (Å²) in [5.41, 5.74) is 6.68. The van der Waals surface area contributed by atoms with Crippen molar-refractivity contribution in [2.45, 2.75) is 45.8 Å². The summed E-state index contributed by atoms with van der Waals surface area (Å²) in [5, 5.41) is 0. The van der Waals surface area contributed by atoms with Crippen LogP contribution in [0.15, 0.2) is 18.3 Å². The van der Waals surface area contributed by atoms with Crippen molar-refractivity contribution >= 4 is 0 Å². The Morgan fingerprint density at radius 2 is 2.18 bits per heavy atom. The third kappa shape index (κ3) is 2.97. The molecule has 1 aliphatic rings. The van der Waals surface area contributed by atoms with Gasteiger partial charge in [-0.3, -0.25) is 0 Å². The highest BCUT2D eigenvalue weighted by atomic mass is 16.5. The lowest BCUT2D eigenvalue weighted by atomic mass is 9.80. The summed E-state index contributed by atoms with van der Waals surface area (Å²) < 4.78 is 6.00. The molecule has 1 aromatic heterocycles. The topological polar surface area (TPSA) is 48.1 Å². The van der Waals surface area contributed by atoms with Gasteiger partial charge in [-0.1, -0.05) is 19.9 Å². The molecule has 1 saturated carbocycles. The monoisotopic (exact) mass is 234 g/mol. The van der Waals surface area contributed by atoms with E-state index < -0.39 is 0 Å². The van der Waals surface area contributed by atoms with Crippen LogP contribution in [0.2, 0.25) is 0 Å². The molecule has 3 unspecified atom stereocenters. The smallest absolute Gasteiger partial charge is 0.218 e. The minimum Gasteiger partial charge on any atom is -0.474 e. The highest BCUT2D eigenvalue weighted by Gasteiger charge is 2.26. The van der Waals surface area contributed by atoms with Crippen LogP contribution in [0.25, 0.3) is 0 Å². The van der Waals surface area contributed by atoms with Crippen LogP contribution in [0.1, 0.15) is 38.7 Å². The Morgan fingerprint density at radius 1 is 1.35 bits per heavy atom. The molecular formula is C14H22N2O. The maximum absolute atomic E-state index is 6.00. The maximum Gasteiger partial charge on any atom is 0.218 e. The first-order chi connectivity index (χ1) is 8.20. The van der Waals surface area contributed by atoms with E-state index in [9.17, 15) is 0 Å². The van der Waals surface area contributed by atoms with E-state index in [1.807, 2.05) is 12.1 Å². The summed E-state index contributed by atoms with van der Waals surface area (Å²) in [6, 6.07) is 3.89. The number of hydrogen-bond acceptors (Lipinski definition) is 3. The third-order valence-electron chi connectivity index (χ3n) is 3.90. The lowest BCUT2D eigenvalue weighted by Crippen LogP contribution is -2.29. The molecule has 3 nitrogen and oxygen atoms in total. The standard InChI is InChI=1S/C14H22N2O/c1-10-5-6-13(8-11(10)2)17-14-12(9-15)4-3-7-16-14/h3-4,7,10-11,13H,5-6,8-9,15H2,1-2H3. The van der Waals surface area contributed by atoms with Gasteiger partial charge in [-0.15, -0.1) is 0 Å². The first-order valence-electron chi connectivity index (χ1n) is 6.51. The molecule has 17 heavy (non-hydrogen) atoms. The second kappa shape index (κ2) is 5.50. The molecule has 0 aromatic carbocycles. The Labute approximate surface area is 103 Å². The van der Waals surface area contributed by atoms with Crippen molar-refractivity contribution in [2.24, 2.45) is 17.6 Å². The molecule has 0 aliphatic heterocycles. The van der Waals surface area contributed by atoms with Gasteiger partial charge in [-0.05, 0) is 37.2 Å². The van der Waals surface area contributed by atoms with Crippen LogP contribution in [-0.2, 0) is 6.54 Å². The van der Waals surface area contributed by atoms with Crippen LogP contribution in [-0.4, -0.2) is 11.1 Å². The van der Waals surface area contributed by atoms with E-state index in [4.69, 9.17) is 10.5 Å². The fourth-order valence-corrected chi connectivity index (χ4v) is 2.45. The summed E-state index contributed by atoms with van der Waals surface area (Å²) in [4.78, 5) is 4.29. The number of aromatic nitrogens is 1. The predicted molar refractivity (Wildman–Crippen MR) is 68.7 cm³/mol. The molecule has 0 bridgehead atoms. The highest BCUT2D eigenvalue weighted by molar-refractivity contribution is 5.25. The molecule has 2 N–H and O–H groups in total. The van der Waals surface area contributed by atoms with Crippen molar-refractivity contribution in [3.63, 3.8) is 0 Å². The lowest BCUT2D eigenvalue weighted by molar-refractivity contribution is 0.0955. The first-order valence-corrected chi connectivity index (χ1v) is 6.51. The number of nitrogens with two attached hydrogens (primary N) is 1. The highest BCUT2D eigenvalue weighted by Crippen LogP contribution is 2.31. The van der Waals surface area contributed by atoms with E-state index in [0.717, 1.165) is 36.1 Å². The van der Waals surface area contributed by atoms with Gasteiger partial charge >= 0.3 is 0 Å². The molecule has 0 spiro atoms. The zero-order chi connectivity index (χ0) is 12.3. The average Bonchev–Trinajstić information content (AvgIpc) is 2.34. The number of rotatable bonds is 3. The van der Waals surface area contributed by atoms with Crippen LogP contribution in [0, 0.1) is 11.8 Å². The van der Waals surface area contributed by atoms with E-state index in [0.29, 0.717) is 12.6 Å². The molecule has 1 aliphatic carbocycles. The van der Waals surface area contributed by atoms with E-state index in [2.05, 4.69) is 18.8 Å². The van der Waals surface area contributed by atoms with Crippen LogP contribution in [0.3, 0.4) is 0 Å². The normalized spacial score (nSPS) is 29.0. The second-order valence-electron chi connectivity index (χ2n) is 5.18. The summed E-state index contributed by atoms with van der Waals surface area (Å²) in [6.45, 7) is 5.12. The molecule has 0 saturated heterocycles. The SMILES string of the molecule is CC1CCC(Oc2ncccc2CN)CC1C. The quantitative estimate of drug-likeness (QED) is 0.874. The number of ether oxygens (including phenoxy) is 1. The Hall–Kier alpha value is -1.09. The number of pyridine rings is 1. The molecule has 1 heterocycles. The fourth-order valence-electron chi connectivity index (χ4n) is 2.45. The van der Waals surface area contributed by atoms with Gasteiger partial charge in [-0.2, -0.15) is 0 Å². The molecule has 0 radical (unpaired) electrons. The number of hydrogen-bond donors (Lipinski definition) is 1. The van der Waals surface area contributed by atoms with E-state index in [1.165, 1.54) is 6.42 Å². The molecule has 1 fully saturated rings. The minimum atomic E-state index is 0.307. The molecular weight excluding hydrogens is 212 g/mol. The minimum absolute atomic E-state index is 0.307. The summed E-state index contributed by atoms with van der Waals surface area (Å²) in [7, 11) is 0. The molecule has 1 aromatic rings. The van der Waals surface area contributed by atoms with Gasteiger partial charge in [0.05, 0.1) is 0 Å². The first kappa shape index (κ1) is 12.4. The van der Waals surface area contributed by atoms with Gasteiger partial charge in [-0.25, -0.2) is 4.98 Å². The third-order valence-corrected chi connectivity index (χ3v) is 3.90. The van der Waals surface area contributed by atoms with Gasteiger partial charge in [0, 0.05) is 18.3 Å². The zero-order valence-corrected chi connectivity index (χ0v) is 10.7. The molecule has 94 valence electrons. The van der Waals surface area contributed by atoms with Gasteiger partial charge in [0.1, 0.15) is 6.10 Å². The van der Waals surface area contributed by atoms with Crippen molar-refractivity contribution in [1.29, 1.82) is 0 Å².